The number of benzene rings is 1. The average Bonchev–Trinajstić information content (AvgIpc) is 3.36. The van der Waals surface area contributed by atoms with Gasteiger partial charge in [0.2, 0.25) is 17.7 Å². The van der Waals surface area contributed by atoms with Gasteiger partial charge in [0.05, 0.1) is 12.6 Å². The van der Waals surface area contributed by atoms with Gasteiger partial charge in [0, 0.05) is 30.2 Å². The zero-order valence-corrected chi connectivity index (χ0v) is 23.7. The van der Waals surface area contributed by atoms with Crippen molar-refractivity contribution in [3.8, 4) is 0 Å². The van der Waals surface area contributed by atoms with E-state index in [1.807, 2.05) is 24.3 Å². The summed E-state index contributed by atoms with van der Waals surface area (Å²) in [5.74, 6) is -3.98. The summed E-state index contributed by atoms with van der Waals surface area (Å²) in [4.78, 5) is 61.4. The van der Waals surface area contributed by atoms with E-state index in [1.165, 1.54) is 0 Å². The van der Waals surface area contributed by atoms with E-state index in [4.69, 9.17) is 28.7 Å². The number of guanidine groups is 2. The molecule has 43 heavy (non-hydrogen) atoms. The number of rotatable bonds is 18. The van der Waals surface area contributed by atoms with Gasteiger partial charge in [-0.2, -0.15) is 0 Å². The van der Waals surface area contributed by atoms with E-state index in [9.17, 15) is 29.4 Å². The number of amides is 3. The summed E-state index contributed by atoms with van der Waals surface area (Å²) in [5, 5.41) is 27.6. The number of nitrogens with zero attached hydrogens (tertiary/aromatic N) is 2. The van der Waals surface area contributed by atoms with Gasteiger partial charge < -0.3 is 59.8 Å². The molecule has 4 atom stereocenters. The lowest BCUT2D eigenvalue weighted by Gasteiger charge is -2.24. The smallest absolute Gasteiger partial charge is 0.326 e. The molecule has 1 heterocycles. The van der Waals surface area contributed by atoms with Crippen LogP contribution in [-0.2, 0) is 25.6 Å². The van der Waals surface area contributed by atoms with Crippen LogP contribution >= 0.6 is 0 Å². The number of aromatic nitrogens is 1. The van der Waals surface area contributed by atoms with Crippen LogP contribution < -0.4 is 44.6 Å². The molecule has 1 aromatic carbocycles. The molecule has 16 N–H and O–H groups in total. The predicted octanol–water partition coefficient (Wildman–Crippen LogP) is -3.32. The van der Waals surface area contributed by atoms with Crippen LogP contribution in [0.25, 0.3) is 10.9 Å². The van der Waals surface area contributed by atoms with Crippen LogP contribution in [0.3, 0.4) is 0 Å². The molecule has 2 rings (SSSR count). The Kier molecular flexibility index (Phi) is 13.7. The summed E-state index contributed by atoms with van der Waals surface area (Å²) in [6.45, 7) is -0.505. The molecule has 0 aliphatic heterocycles. The van der Waals surface area contributed by atoms with Gasteiger partial charge in [-0.15, -0.1) is 0 Å². The highest BCUT2D eigenvalue weighted by Gasteiger charge is 2.30. The van der Waals surface area contributed by atoms with Crippen molar-refractivity contribution in [2.45, 2.75) is 56.3 Å². The number of fused-ring (bicyclic) bond motifs is 1. The van der Waals surface area contributed by atoms with Crippen LogP contribution in [0.5, 0.6) is 0 Å². The van der Waals surface area contributed by atoms with Crippen LogP contribution in [0, 0.1) is 0 Å². The number of para-hydroxylation sites is 1. The molecule has 17 nitrogen and oxygen atoms in total. The topological polar surface area (TPSA) is 315 Å². The first-order valence-electron chi connectivity index (χ1n) is 13.6. The number of nitrogens with two attached hydrogens (primary N) is 5. The highest BCUT2D eigenvalue weighted by molar-refractivity contribution is 5.94. The van der Waals surface area contributed by atoms with Gasteiger partial charge in [0.15, 0.2) is 11.9 Å². The third kappa shape index (κ3) is 11.5. The Balaban J connectivity index is 2.07. The van der Waals surface area contributed by atoms with Crippen molar-refractivity contribution >= 4 is 46.5 Å². The molecule has 0 fully saturated rings. The van der Waals surface area contributed by atoms with Crippen molar-refractivity contribution < 1.29 is 29.4 Å². The first-order chi connectivity index (χ1) is 20.4. The molecular formula is C26H41N11O6. The molecule has 1 aromatic heterocycles. The number of aliphatic hydroxyl groups is 1. The van der Waals surface area contributed by atoms with E-state index in [0.29, 0.717) is 0 Å². The predicted molar refractivity (Wildman–Crippen MR) is 160 cm³/mol. The number of carboxylic acids is 1. The molecule has 2 aromatic rings. The molecule has 0 aliphatic carbocycles. The highest BCUT2D eigenvalue weighted by atomic mass is 16.4. The quantitative estimate of drug-likeness (QED) is 0.0455. The van der Waals surface area contributed by atoms with Crippen molar-refractivity contribution in [2.24, 2.45) is 38.7 Å². The van der Waals surface area contributed by atoms with Crippen molar-refractivity contribution in [1.29, 1.82) is 0 Å². The summed E-state index contributed by atoms with van der Waals surface area (Å²) in [6.07, 6.45) is 2.42. The van der Waals surface area contributed by atoms with Crippen molar-refractivity contribution in [1.82, 2.24) is 20.9 Å². The van der Waals surface area contributed by atoms with Gasteiger partial charge in [-0.05, 0) is 43.7 Å². The Labute approximate surface area is 247 Å². The number of aromatic amines is 1. The van der Waals surface area contributed by atoms with Gasteiger partial charge in [0.25, 0.3) is 0 Å². The lowest BCUT2D eigenvalue weighted by atomic mass is 10.0. The van der Waals surface area contributed by atoms with Crippen LogP contribution in [0.1, 0.15) is 31.2 Å². The normalized spacial score (nSPS) is 13.6. The number of aliphatic hydroxyl groups excluding tert-OH is 1. The second kappa shape index (κ2) is 17.1. The number of carboxylic acid groups (broad SMARTS) is 1. The molecule has 0 spiro atoms. The minimum atomic E-state index is -1.44. The minimum absolute atomic E-state index is 0.0101. The maximum absolute atomic E-state index is 13.1. The Bertz CT molecular complexity index is 1300. The number of carbonyl (C=O) groups is 4. The average molecular weight is 604 g/mol. The molecule has 3 amide bonds. The zero-order chi connectivity index (χ0) is 31.9. The standard InChI is InChI=1S/C26H41N11O6/c27-16(11-14-12-34-17-6-2-1-5-15(14)17)21(39)37-20(13-38)23(41)35-18(7-3-9-32-25(28)29)22(40)36-19(24(42)43)8-4-10-33-26(30)31/h1-2,5-6,12,16,18-20,34,38H,3-4,7-11,13,27H2,(H,35,41)(H,36,40)(H,37,39)(H,42,43)(H4,28,29,32)(H4,30,31,33). The third-order valence-electron chi connectivity index (χ3n) is 6.41. The number of hydrogen-bond acceptors (Lipinski definition) is 8. The van der Waals surface area contributed by atoms with E-state index < -0.39 is 54.5 Å². The number of aliphatic imine (C=N–C) groups is 2. The molecule has 0 aliphatic rings. The third-order valence-corrected chi connectivity index (χ3v) is 6.41. The van der Waals surface area contributed by atoms with Crippen LogP contribution in [0.15, 0.2) is 40.4 Å². The molecule has 236 valence electrons. The number of aliphatic carboxylic acids is 1. The molecule has 0 bridgehead atoms. The molecule has 0 saturated carbocycles. The molecular weight excluding hydrogens is 562 g/mol. The molecule has 17 heteroatoms. The first-order valence-corrected chi connectivity index (χ1v) is 13.6. The number of carbonyl (C=O) groups excluding carboxylic acids is 3. The summed E-state index contributed by atoms with van der Waals surface area (Å²) in [7, 11) is 0. The van der Waals surface area contributed by atoms with E-state index in [-0.39, 0.29) is 57.1 Å². The second-order valence-corrected chi connectivity index (χ2v) is 9.77. The summed E-state index contributed by atoms with van der Waals surface area (Å²) in [6, 6.07) is 2.46. The lowest BCUT2D eigenvalue weighted by Crippen LogP contribution is -2.58. The zero-order valence-electron chi connectivity index (χ0n) is 23.7. The SMILES string of the molecule is NC(N)=NCCCC(NC(=O)C(CCCN=C(N)N)NC(=O)C(CO)NC(=O)C(N)Cc1c[nH]c2ccccc12)C(=O)O. The fourth-order valence-electron chi connectivity index (χ4n) is 4.18. The van der Waals surface area contributed by atoms with Crippen LogP contribution in [0.4, 0.5) is 0 Å². The van der Waals surface area contributed by atoms with Gasteiger partial charge >= 0.3 is 5.97 Å². The largest absolute Gasteiger partial charge is 0.480 e. The van der Waals surface area contributed by atoms with Gasteiger partial charge in [-0.25, -0.2) is 4.79 Å². The van der Waals surface area contributed by atoms with Gasteiger partial charge in [-0.1, -0.05) is 18.2 Å². The molecule has 0 saturated heterocycles. The fraction of sp³-hybridized carbons (Fsp3) is 0.462. The molecule has 4 unspecified atom stereocenters. The van der Waals surface area contributed by atoms with E-state index >= 15 is 0 Å². The monoisotopic (exact) mass is 603 g/mol. The Morgan fingerprint density at radius 3 is 1.93 bits per heavy atom. The number of nitrogens with one attached hydrogen (secondary N) is 4. The first kappa shape index (κ1) is 34.3. The second-order valence-electron chi connectivity index (χ2n) is 9.77. The van der Waals surface area contributed by atoms with Crippen LogP contribution in [-0.4, -0.2) is 94.7 Å². The summed E-state index contributed by atoms with van der Waals surface area (Å²) < 4.78 is 0. The van der Waals surface area contributed by atoms with Gasteiger partial charge in [0.1, 0.15) is 18.1 Å². The Morgan fingerprint density at radius 1 is 0.814 bits per heavy atom. The van der Waals surface area contributed by atoms with Crippen LogP contribution in [0.2, 0.25) is 0 Å². The number of hydrogen-bond donors (Lipinski definition) is 11. The lowest BCUT2D eigenvalue weighted by molar-refractivity contribution is -0.142. The Hall–Kier alpha value is -4.90. The van der Waals surface area contributed by atoms with Crippen molar-refractivity contribution in [3.63, 3.8) is 0 Å². The minimum Gasteiger partial charge on any atom is -0.480 e. The summed E-state index contributed by atoms with van der Waals surface area (Å²) in [5.41, 5.74) is 29.0. The van der Waals surface area contributed by atoms with Crippen molar-refractivity contribution in [2.75, 3.05) is 19.7 Å². The maximum atomic E-state index is 13.1. The van der Waals surface area contributed by atoms with Crippen molar-refractivity contribution in [3.05, 3.63) is 36.0 Å². The maximum Gasteiger partial charge on any atom is 0.326 e. The Morgan fingerprint density at radius 2 is 1.35 bits per heavy atom. The summed E-state index contributed by atoms with van der Waals surface area (Å²) >= 11 is 0. The van der Waals surface area contributed by atoms with Gasteiger partial charge in [-0.3, -0.25) is 24.4 Å². The highest BCUT2D eigenvalue weighted by Crippen LogP contribution is 2.18. The van der Waals surface area contributed by atoms with E-state index in [1.54, 1.807) is 6.20 Å². The number of H-pyrrole nitrogens is 1. The van der Waals surface area contributed by atoms with E-state index in [0.717, 1.165) is 16.5 Å². The fourth-order valence-corrected chi connectivity index (χ4v) is 4.18. The van der Waals surface area contributed by atoms with E-state index in [2.05, 4.69) is 30.9 Å². The molecule has 0 radical (unpaired) electrons.